The minimum Gasteiger partial charge on any atom is -0.355 e. The fourth-order valence-corrected chi connectivity index (χ4v) is 11.5. The Morgan fingerprint density at radius 3 is 1.01 bits per heavy atom. The third-order valence-electron chi connectivity index (χ3n) is 16.2. The zero-order valence-corrected chi connectivity index (χ0v) is 49.1. The van der Waals surface area contributed by atoms with Crippen molar-refractivity contribution in [2.24, 2.45) is 0 Å². The molecule has 0 amide bonds. The van der Waals surface area contributed by atoms with Gasteiger partial charge in [-0.05, 0) is 176 Å². The number of rotatable bonds is 4. The van der Waals surface area contributed by atoms with Crippen LogP contribution in [0.2, 0.25) is 0 Å². The number of aromatic nitrogens is 8. The van der Waals surface area contributed by atoms with Gasteiger partial charge in [-0.3, -0.25) is 0 Å². The van der Waals surface area contributed by atoms with Crippen LogP contribution < -0.4 is 0 Å². The highest BCUT2D eigenvalue weighted by Gasteiger charge is 2.27. The molecule has 0 radical (unpaired) electrons. The van der Waals surface area contributed by atoms with Crippen LogP contribution in [0.5, 0.6) is 0 Å². The maximum Gasteiger partial charge on any atom is 0.0738 e. The van der Waals surface area contributed by atoms with E-state index >= 15 is 0 Å². The number of benzene rings is 3. The topological polar surface area (TPSA) is 115 Å². The Bertz CT molecular complexity index is 4450. The molecule has 3 aromatic carbocycles. The van der Waals surface area contributed by atoms with Crippen molar-refractivity contribution in [3.8, 4) is 44.5 Å². The van der Waals surface area contributed by atoms with Gasteiger partial charge >= 0.3 is 0 Å². The summed E-state index contributed by atoms with van der Waals surface area (Å²) in [6.07, 6.45) is 17.1. The van der Waals surface area contributed by atoms with E-state index in [0.717, 1.165) is 134 Å². The third-order valence-corrected chi connectivity index (χ3v) is 16.2. The van der Waals surface area contributed by atoms with Gasteiger partial charge < -0.3 is 19.9 Å². The Labute approximate surface area is 480 Å². The van der Waals surface area contributed by atoms with Crippen molar-refractivity contribution < 1.29 is 0 Å². The standard InChI is InChI=1S/C74H70N8/c1-71(2,3)46-34-44(35-47(38-46)72(4,5)6)67-58-28-26-56(79-58)66(43-16-14-13-15-17-43)57-27-29-59(80-57)68(45-36-48(73(7,8)9)39-49(37-45)74(10,11)12)61-31-33-65(82-61)70(64-32-30-60(67)81-64)69-62-24-22-54(77-62)41-52-20-18-50(75-52)40-51-19-21-53(76-51)42-55-23-25-63(69)78-55/h13-42,75,78-79,82H,1-12H3. The quantitative estimate of drug-likeness (QED) is 0.141. The Balaban J connectivity index is 1.23. The molecular formula is C74H70N8. The first-order valence-corrected chi connectivity index (χ1v) is 28.7. The van der Waals surface area contributed by atoms with Gasteiger partial charge in [0.15, 0.2) is 0 Å². The van der Waals surface area contributed by atoms with E-state index in [0.29, 0.717) is 0 Å². The smallest absolute Gasteiger partial charge is 0.0738 e. The Hall–Kier alpha value is -9.14. The molecule has 0 unspecified atom stereocenters. The molecule has 13 rings (SSSR count). The molecule has 0 aliphatic carbocycles. The van der Waals surface area contributed by atoms with Crippen LogP contribution in [-0.2, 0) is 21.7 Å². The summed E-state index contributed by atoms with van der Waals surface area (Å²) in [5.41, 5.74) is 26.8. The number of hydrogen-bond acceptors (Lipinski definition) is 4. The molecule has 0 spiro atoms. The second-order valence-electron chi connectivity index (χ2n) is 26.5. The van der Waals surface area contributed by atoms with Crippen molar-refractivity contribution in [2.45, 2.75) is 105 Å². The SMILES string of the molecule is CC(C)(C)c1cc(-c2c3nc(c(-c4c5nc(cc6ccc(cc7nc(cc8ccc4[nH]8)C=C7)[nH]6)C=C5)c4ccc([nH]4)c(-c4cc(C(C)(C)C)cc(C(C)(C)C)c4)c4nc(c(-c5ccccc5)c5ccc2[nH]5)C=C4)C=C3)cc(C(C)(C)C)c1. The lowest BCUT2D eigenvalue weighted by molar-refractivity contribution is 0.568. The van der Waals surface area contributed by atoms with Crippen LogP contribution in [0.1, 0.15) is 151 Å². The molecule has 4 N–H and O–H groups in total. The van der Waals surface area contributed by atoms with Crippen molar-refractivity contribution in [3.05, 3.63) is 201 Å². The van der Waals surface area contributed by atoms with Crippen LogP contribution in [0.3, 0.4) is 0 Å². The Morgan fingerprint density at radius 1 is 0.256 bits per heavy atom. The van der Waals surface area contributed by atoms with Crippen molar-refractivity contribution in [1.29, 1.82) is 0 Å². The van der Waals surface area contributed by atoms with E-state index in [1.807, 2.05) is 0 Å². The lowest BCUT2D eigenvalue weighted by Gasteiger charge is -2.26. The molecule has 8 nitrogen and oxygen atoms in total. The van der Waals surface area contributed by atoms with E-state index < -0.39 is 0 Å². The van der Waals surface area contributed by atoms with Gasteiger partial charge in [-0.25, -0.2) is 19.9 Å². The molecule has 4 aliphatic heterocycles. The molecule has 8 heteroatoms. The van der Waals surface area contributed by atoms with Crippen LogP contribution in [-0.4, -0.2) is 39.9 Å². The molecule has 16 bridgehead atoms. The summed E-state index contributed by atoms with van der Waals surface area (Å²) in [5, 5.41) is 0. The largest absolute Gasteiger partial charge is 0.355 e. The number of H-pyrrole nitrogens is 4. The summed E-state index contributed by atoms with van der Waals surface area (Å²) >= 11 is 0. The normalized spacial score (nSPS) is 13.4. The first kappa shape index (κ1) is 52.2. The molecule has 6 aromatic heterocycles. The third kappa shape index (κ3) is 9.90. The van der Waals surface area contributed by atoms with E-state index in [9.17, 15) is 0 Å². The van der Waals surface area contributed by atoms with Crippen LogP contribution in [0.15, 0.2) is 133 Å². The molecule has 82 heavy (non-hydrogen) atoms. The first-order valence-electron chi connectivity index (χ1n) is 28.7. The summed E-state index contributed by atoms with van der Waals surface area (Å²) in [7, 11) is 0. The summed E-state index contributed by atoms with van der Waals surface area (Å²) < 4.78 is 0. The fourth-order valence-electron chi connectivity index (χ4n) is 11.5. The van der Waals surface area contributed by atoms with E-state index in [2.05, 4.69) is 285 Å². The van der Waals surface area contributed by atoms with Gasteiger partial charge in [0.25, 0.3) is 0 Å². The summed E-state index contributed by atoms with van der Waals surface area (Å²) in [5.74, 6) is 0. The average Bonchev–Trinajstić information content (AvgIpc) is 4.40. The Kier molecular flexibility index (Phi) is 12.3. The molecule has 0 atom stereocenters. The predicted octanol–water partition coefficient (Wildman–Crippen LogP) is 19.5. The highest BCUT2D eigenvalue weighted by molar-refractivity contribution is 6.04. The van der Waals surface area contributed by atoms with Gasteiger partial charge in [0.1, 0.15) is 0 Å². The lowest BCUT2D eigenvalue weighted by atomic mass is 9.78. The summed E-state index contributed by atoms with van der Waals surface area (Å²) in [6.45, 7) is 27.6. The molecular weight excluding hydrogens is 1000 g/mol. The van der Waals surface area contributed by atoms with E-state index in [1.165, 1.54) is 22.3 Å². The van der Waals surface area contributed by atoms with Crippen molar-refractivity contribution in [3.63, 3.8) is 0 Å². The molecule has 4 aliphatic rings. The van der Waals surface area contributed by atoms with Crippen molar-refractivity contribution in [2.75, 3.05) is 0 Å². The van der Waals surface area contributed by atoms with Crippen LogP contribution in [0.4, 0.5) is 0 Å². The molecule has 406 valence electrons. The molecule has 0 saturated heterocycles. The zero-order chi connectivity index (χ0) is 57.0. The van der Waals surface area contributed by atoms with Gasteiger partial charge in [0.05, 0.1) is 45.6 Å². The van der Waals surface area contributed by atoms with Crippen LogP contribution in [0, 0.1) is 0 Å². The maximum atomic E-state index is 5.86. The molecule has 0 saturated carbocycles. The van der Waals surface area contributed by atoms with Gasteiger partial charge in [-0.15, -0.1) is 0 Å². The van der Waals surface area contributed by atoms with E-state index in [4.69, 9.17) is 19.9 Å². The first-order chi connectivity index (χ1) is 39.1. The zero-order valence-electron chi connectivity index (χ0n) is 49.1. The lowest BCUT2D eigenvalue weighted by Crippen LogP contribution is -2.16. The monoisotopic (exact) mass is 1070 g/mol. The number of fused-ring (bicyclic) bond motifs is 16. The average molecular weight is 1070 g/mol. The van der Waals surface area contributed by atoms with Gasteiger partial charge in [-0.1, -0.05) is 150 Å². The second-order valence-corrected chi connectivity index (χ2v) is 26.5. The summed E-state index contributed by atoms with van der Waals surface area (Å²) in [6, 6.07) is 48.6. The number of aromatic amines is 4. The minimum absolute atomic E-state index is 0.126. The van der Waals surface area contributed by atoms with Crippen molar-refractivity contribution in [1.82, 2.24) is 39.9 Å². The fraction of sp³-hybridized carbons (Fsp3) is 0.216. The highest BCUT2D eigenvalue weighted by atomic mass is 14.8. The van der Waals surface area contributed by atoms with Crippen molar-refractivity contribution >= 4 is 92.7 Å². The number of nitrogens with zero attached hydrogens (tertiary/aromatic N) is 4. The number of nitrogens with one attached hydrogen (secondary N) is 4. The van der Waals surface area contributed by atoms with Crippen LogP contribution >= 0.6 is 0 Å². The Morgan fingerprint density at radius 2 is 0.573 bits per heavy atom. The van der Waals surface area contributed by atoms with Gasteiger partial charge in [-0.2, -0.15) is 0 Å². The predicted molar refractivity (Wildman–Crippen MR) is 348 cm³/mol. The molecule has 9 aromatic rings. The van der Waals surface area contributed by atoms with Crippen LogP contribution in [0.25, 0.3) is 137 Å². The van der Waals surface area contributed by atoms with Gasteiger partial charge in [0, 0.05) is 72.0 Å². The molecule has 10 heterocycles. The summed E-state index contributed by atoms with van der Waals surface area (Å²) in [4.78, 5) is 37.5. The van der Waals surface area contributed by atoms with E-state index in [1.54, 1.807) is 0 Å². The highest BCUT2D eigenvalue weighted by Crippen LogP contribution is 2.44. The minimum atomic E-state index is -0.126. The van der Waals surface area contributed by atoms with E-state index in [-0.39, 0.29) is 21.7 Å². The number of hydrogen-bond donors (Lipinski definition) is 4. The maximum absolute atomic E-state index is 5.86. The second kappa shape index (κ2) is 19.3. The molecule has 0 fully saturated rings. The van der Waals surface area contributed by atoms with Gasteiger partial charge in [0.2, 0.25) is 0 Å².